The molecule has 4 rings (SSSR count). The standard InChI is InChI=1S/C20H25N3O3S2/c1-13-6-7-18(14(2)12-13)28(25,26)23-10-8-15(9-11-23)19(24)22-20-21-16-4-3-5-17(16)27-20/h6-7,12,15H,3-5,8-11H2,1-2H3,(H,21,22,24). The van der Waals surface area contributed by atoms with E-state index in [9.17, 15) is 13.2 Å². The molecule has 0 spiro atoms. The second kappa shape index (κ2) is 7.57. The minimum Gasteiger partial charge on any atom is -0.302 e. The van der Waals surface area contributed by atoms with Crippen LogP contribution in [0.2, 0.25) is 0 Å². The van der Waals surface area contributed by atoms with Gasteiger partial charge in [-0.25, -0.2) is 13.4 Å². The van der Waals surface area contributed by atoms with E-state index >= 15 is 0 Å². The number of nitrogens with zero attached hydrogens (tertiary/aromatic N) is 2. The molecule has 1 aliphatic carbocycles. The highest BCUT2D eigenvalue weighted by atomic mass is 32.2. The number of carbonyl (C=O) groups excluding carboxylic acids is 1. The Labute approximate surface area is 170 Å². The summed E-state index contributed by atoms with van der Waals surface area (Å²) in [5.41, 5.74) is 2.92. The van der Waals surface area contributed by atoms with Crippen LogP contribution in [-0.4, -0.2) is 36.7 Å². The van der Waals surface area contributed by atoms with Gasteiger partial charge < -0.3 is 5.32 Å². The molecular weight excluding hydrogens is 394 g/mol. The molecule has 0 saturated carbocycles. The highest BCUT2D eigenvalue weighted by molar-refractivity contribution is 7.89. The molecule has 2 heterocycles. The Hall–Kier alpha value is -1.77. The van der Waals surface area contributed by atoms with Gasteiger partial charge in [-0.2, -0.15) is 4.31 Å². The topological polar surface area (TPSA) is 79.4 Å². The molecule has 1 amide bonds. The summed E-state index contributed by atoms with van der Waals surface area (Å²) in [6.07, 6.45) is 4.26. The van der Waals surface area contributed by atoms with Gasteiger partial charge in [0.2, 0.25) is 15.9 Å². The second-order valence-corrected chi connectivity index (χ2v) is 10.7. The van der Waals surface area contributed by atoms with Crippen LogP contribution in [0.1, 0.15) is 41.0 Å². The van der Waals surface area contributed by atoms with Gasteiger partial charge in [-0.1, -0.05) is 17.7 Å². The lowest BCUT2D eigenvalue weighted by atomic mass is 9.97. The van der Waals surface area contributed by atoms with Crippen LogP contribution in [0.4, 0.5) is 5.13 Å². The molecule has 2 aromatic rings. The van der Waals surface area contributed by atoms with Gasteiger partial charge in [0, 0.05) is 23.9 Å². The quantitative estimate of drug-likeness (QED) is 0.825. The zero-order chi connectivity index (χ0) is 19.9. The summed E-state index contributed by atoms with van der Waals surface area (Å²) >= 11 is 1.57. The number of hydrogen-bond donors (Lipinski definition) is 1. The van der Waals surface area contributed by atoms with Gasteiger partial charge >= 0.3 is 0 Å². The number of thiazole rings is 1. The maximum atomic E-state index is 13.0. The van der Waals surface area contributed by atoms with E-state index in [-0.39, 0.29) is 11.8 Å². The average Bonchev–Trinajstić information content (AvgIpc) is 3.23. The largest absolute Gasteiger partial charge is 0.302 e. The van der Waals surface area contributed by atoms with Gasteiger partial charge in [0.15, 0.2) is 5.13 Å². The second-order valence-electron chi connectivity index (χ2n) is 7.68. The van der Waals surface area contributed by atoms with Crippen LogP contribution in [0.15, 0.2) is 23.1 Å². The summed E-state index contributed by atoms with van der Waals surface area (Å²) in [4.78, 5) is 18.8. The Morgan fingerprint density at radius 3 is 2.64 bits per heavy atom. The van der Waals surface area contributed by atoms with Crippen LogP contribution < -0.4 is 5.32 Å². The van der Waals surface area contributed by atoms with Crippen molar-refractivity contribution in [2.45, 2.75) is 50.8 Å². The Morgan fingerprint density at radius 2 is 1.96 bits per heavy atom. The Bertz CT molecular complexity index is 984. The smallest absolute Gasteiger partial charge is 0.243 e. The molecule has 1 aliphatic heterocycles. The van der Waals surface area contributed by atoms with Crippen LogP contribution in [0.5, 0.6) is 0 Å². The van der Waals surface area contributed by atoms with Crippen LogP contribution in [-0.2, 0) is 27.7 Å². The molecule has 0 bridgehead atoms. The van der Waals surface area contributed by atoms with Crippen molar-refractivity contribution in [3.05, 3.63) is 39.9 Å². The fourth-order valence-electron chi connectivity index (χ4n) is 4.04. The molecule has 0 unspecified atom stereocenters. The SMILES string of the molecule is Cc1ccc(S(=O)(=O)N2CCC(C(=O)Nc3nc4c(s3)CCC4)CC2)c(C)c1. The zero-order valence-electron chi connectivity index (χ0n) is 16.2. The third kappa shape index (κ3) is 3.73. The maximum Gasteiger partial charge on any atom is 0.243 e. The van der Waals surface area contributed by atoms with E-state index < -0.39 is 10.0 Å². The molecule has 150 valence electrons. The van der Waals surface area contributed by atoms with Crippen molar-refractivity contribution in [1.82, 2.24) is 9.29 Å². The number of rotatable bonds is 4. The van der Waals surface area contributed by atoms with Crippen LogP contribution >= 0.6 is 11.3 Å². The fraction of sp³-hybridized carbons (Fsp3) is 0.500. The van der Waals surface area contributed by atoms with Gasteiger partial charge in [0.05, 0.1) is 10.6 Å². The number of nitrogens with one attached hydrogen (secondary N) is 1. The molecule has 1 aromatic heterocycles. The first-order valence-corrected chi connectivity index (χ1v) is 12.0. The highest BCUT2D eigenvalue weighted by Gasteiger charge is 2.33. The number of aryl methyl sites for hydroxylation is 4. The van der Waals surface area contributed by atoms with Crippen molar-refractivity contribution in [1.29, 1.82) is 0 Å². The monoisotopic (exact) mass is 419 g/mol. The third-order valence-electron chi connectivity index (χ3n) is 5.60. The lowest BCUT2D eigenvalue weighted by Gasteiger charge is -2.30. The molecule has 1 fully saturated rings. The lowest BCUT2D eigenvalue weighted by Crippen LogP contribution is -2.41. The van der Waals surface area contributed by atoms with E-state index in [0.717, 1.165) is 36.1 Å². The van der Waals surface area contributed by atoms with E-state index in [1.54, 1.807) is 17.4 Å². The van der Waals surface area contributed by atoms with Crippen molar-refractivity contribution in [3.8, 4) is 0 Å². The lowest BCUT2D eigenvalue weighted by molar-refractivity contribution is -0.120. The number of anilines is 1. The number of aromatic nitrogens is 1. The molecule has 0 atom stereocenters. The molecule has 0 radical (unpaired) electrons. The van der Waals surface area contributed by atoms with Crippen LogP contribution in [0.3, 0.4) is 0 Å². The molecule has 2 aliphatic rings. The minimum absolute atomic E-state index is 0.0454. The van der Waals surface area contributed by atoms with E-state index in [0.29, 0.717) is 36.0 Å². The molecular formula is C20H25N3O3S2. The summed E-state index contributed by atoms with van der Waals surface area (Å²) in [5, 5.41) is 3.62. The minimum atomic E-state index is -3.52. The number of hydrogen-bond acceptors (Lipinski definition) is 5. The van der Waals surface area contributed by atoms with Gasteiger partial charge in [0.25, 0.3) is 0 Å². The number of sulfonamides is 1. The maximum absolute atomic E-state index is 13.0. The molecule has 6 nitrogen and oxygen atoms in total. The van der Waals surface area contributed by atoms with E-state index in [1.165, 1.54) is 9.18 Å². The summed E-state index contributed by atoms with van der Waals surface area (Å²) in [6, 6.07) is 5.39. The van der Waals surface area contributed by atoms with Gasteiger partial charge in [0.1, 0.15) is 0 Å². The molecule has 1 aromatic carbocycles. The Balaban J connectivity index is 1.38. The van der Waals surface area contributed by atoms with E-state index in [2.05, 4.69) is 10.3 Å². The van der Waals surface area contributed by atoms with Crippen molar-refractivity contribution in [2.24, 2.45) is 5.92 Å². The molecule has 1 saturated heterocycles. The normalized spacial score (nSPS) is 18.2. The van der Waals surface area contributed by atoms with E-state index in [1.807, 2.05) is 26.0 Å². The average molecular weight is 420 g/mol. The molecule has 28 heavy (non-hydrogen) atoms. The van der Waals surface area contributed by atoms with Crippen molar-refractivity contribution in [3.63, 3.8) is 0 Å². The van der Waals surface area contributed by atoms with Crippen LogP contribution in [0, 0.1) is 19.8 Å². The van der Waals surface area contributed by atoms with Gasteiger partial charge in [-0.3, -0.25) is 4.79 Å². The fourth-order valence-corrected chi connectivity index (χ4v) is 6.77. The van der Waals surface area contributed by atoms with Crippen molar-refractivity contribution in [2.75, 3.05) is 18.4 Å². The Kier molecular flexibility index (Phi) is 5.28. The first-order valence-electron chi connectivity index (χ1n) is 9.71. The van der Waals surface area contributed by atoms with Gasteiger partial charge in [-0.05, 0) is 57.6 Å². The Morgan fingerprint density at radius 1 is 1.21 bits per heavy atom. The summed E-state index contributed by atoms with van der Waals surface area (Å²) < 4.78 is 27.5. The summed E-state index contributed by atoms with van der Waals surface area (Å²) in [5.74, 6) is -0.222. The molecule has 1 N–H and O–H groups in total. The van der Waals surface area contributed by atoms with E-state index in [4.69, 9.17) is 0 Å². The highest BCUT2D eigenvalue weighted by Crippen LogP contribution is 2.31. The number of amides is 1. The number of benzene rings is 1. The zero-order valence-corrected chi connectivity index (χ0v) is 17.8. The summed E-state index contributed by atoms with van der Waals surface area (Å²) in [7, 11) is -3.52. The third-order valence-corrected chi connectivity index (χ3v) is 8.73. The van der Waals surface area contributed by atoms with Crippen LogP contribution in [0.25, 0.3) is 0 Å². The predicted octanol–water partition coefficient (Wildman–Crippen LogP) is 3.29. The first kappa shape index (κ1) is 19.5. The molecule has 8 heteroatoms. The summed E-state index contributed by atoms with van der Waals surface area (Å²) in [6.45, 7) is 4.50. The first-order chi connectivity index (χ1) is 13.3. The van der Waals surface area contributed by atoms with Gasteiger partial charge in [-0.15, -0.1) is 11.3 Å². The number of fused-ring (bicyclic) bond motifs is 1. The number of piperidine rings is 1. The van der Waals surface area contributed by atoms with Crippen molar-refractivity contribution >= 4 is 32.4 Å². The number of carbonyl (C=O) groups is 1. The predicted molar refractivity (Wildman–Crippen MR) is 110 cm³/mol. The van der Waals surface area contributed by atoms with Crippen molar-refractivity contribution < 1.29 is 13.2 Å².